The molecule has 2 N–H and O–H groups in total. The maximum atomic E-state index is 9.31. The second kappa shape index (κ2) is 18.5. The number of hydrogen-bond donors (Lipinski definition) is 1. The van der Waals surface area contributed by atoms with Crippen LogP contribution in [-0.4, -0.2) is 17.8 Å². The molecule has 0 fully saturated rings. The van der Waals surface area contributed by atoms with E-state index in [4.69, 9.17) is 0 Å². The van der Waals surface area contributed by atoms with Crippen molar-refractivity contribution in [2.75, 3.05) is 0 Å². The molecule has 0 saturated heterocycles. The monoisotopic (exact) mass is 258 g/mol. The van der Waals surface area contributed by atoms with Crippen molar-refractivity contribution in [1.29, 1.82) is 0 Å². The Labute approximate surface area is 112 Å². The first-order valence-electron chi connectivity index (χ1n) is 7.16. The molecule has 0 aliphatic carbocycles. The summed E-state index contributed by atoms with van der Waals surface area (Å²) < 4.78 is 0. The minimum absolute atomic E-state index is 0.215. The van der Waals surface area contributed by atoms with Gasteiger partial charge in [0.1, 0.15) is 0 Å². The average molecular weight is 258 g/mol. The number of hydrazine groups is 1. The number of carbonyl (C=O) groups excluding carboxylic acids is 2. The normalized spacial score (nSPS) is 9.28. The molecule has 0 radical (unpaired) electrons. The average Bonchev–Trinajstić information content (AvgIpc) is 2.41. The lowest BCUT2D eigenvalue weighted by Crippen LogP contribution is -2.26. The van der Waals surface area contributed by atoms with E-state index in [9.17, 15) is 9.59 Å². The van der Waals surface area contributed by atoms with Crippen LogP contribution in [0.1, 0.15) is 78.1 Å². The third kappa shape index (κ3) is 20.5. The Morgan fingerprint density at radius 2 is 1.00 bits per heavy atom. The van der Waals surface area contributed by atoms with Gasteiger partial charge in [0, 0.05) is 0 Å². The SMILES string of the molecule is CCCCCCCCCCCC.NN(C=O)C=O. The summed E-state index contributed by atoms with van der Waals surface area (Å²) in [6.07, 6.45) is 14.9. The fourth-order valence-electron chi connectivity index (χ4n) is 1.59. The zero-order valence-corrected chi connectivity index (χ0v) is 12.1. The lowest BCUT2D eigenvalue weighted by atomic mass is 10.1. The number of carbonyl (C=O) groups is 2. The van der Waals surface area contributed by atoms with Crippen LogP contribution in [0.15, 0.2) is 0 Å². The highest BCUT2D eigenvalue weighted by Crippen LogP contribution is 2.09. The van der Waals surface area contributed by atoms with Crippen LogP contribution >= 0.6 is 0 Å². The van der Waals surface area contributed by atoms with Crippen molar-refractivity contribution in [2.24, 2.45) is 5.84 Å². The summed E-state index contributed by atoms with van der Waals surface area (Å²) in [4.78, 5) is 18.6. The Bertz CT molecular complexity index is 157. The lowest BCUT2D eigenvalue weighted by Gasteiger charge is -1.99. The van der Waals surface area contributed by atoms with Gasteiger partial charge in [0.05, 0.1) is 0 Å². The summed E-state index contributed by atoms with van der Waals surface area (Å²) >= 11 is 0. The second-order valence-electron chi connectivity index (χ2n) is 4.49. The van der Waals surface area contributed by atoms with Gasteiger partial charge in [-0.05, 0) is 0 Å². The van der Waals surface area contributed by atoms with E-state index >= 15 is 0 Å². The van der Waals surface area contributed by atoms with Crippen LogP contribution in [0.2, 0.25) is 0 Å². The number of amides is 2. The van der Waals surface area contributed by atoms with E-state index < -0.39 is 0 Å². The predicted molar refractivity (Wildman–Crippen MR) is 75.7 cm³/mol. The van der Waals surface area contributed by atoms with Crippen molar-refractivity contribution in [3.8, 4) is 0 Å². The zero-order chi connectivity index (χ0) is 14.1. The highest BCUT2D eigenvalue weighted by molar-refractivity contribution is 5.66. The molecule has 0 spiro atoms. The largest absolute Gasteiger partial charge is 0.277 e. The summed E-state index contributed by atoms with van der Waals surface area (Å²) in [7, 11) is 0. The van der Waals surface area contributed by atoms with Crippen LogP contribution in [0.5, 0.6) is 0 Å². The molecule has 0 atom stereocenters. The number of hydrogen-bond acceptors (Lipinski definition) is 3. The molecule has 0 aliphatic heterocycles. The number of nitrogens with two attached hydrogens (primary N) is 1. The molecular formula is C14H30N2O2. The first-order chi connectivity index (χ1) is 8.72. The molecule has 0 aliphatic rings. The van der Waals surface area contributed by atoms with Crippen molar-refractivity contribution in [1.82, 2.24) is 5.01 Å². The van der Waals surface area contributed by atoms with Crippen molar-refractivity contribution in [3.63, 3.8) is 0 Å². The zero-order valence-electron chi connectivity index (χ0n) is 12.1. The van der Waals surface area contributed by atoms with Crippen LogP contribution < -0.4 is 5.84 Å². The van der Waals surface area contributed by atoms with E-state index in [1.165, 1.54) is 64.2 Å². The van der Waals surface area contributed by atoms with E-state index in [1.807, 2.05) is 0 Å². The number of imide groups is 1. The van der Waals surface area contributed by atoms with Crippen LogP contribution in [-0.2, 0) is 9.59 Å². The summed E-state index contributed by atoms with van der Waals surface area (Å²) in [5.74, 6) is 4.57. The van der Waals surface area contributed by atoms with Crippen LogP contribution in [0.4, 0.5) is 0 Å². The summed E-state index contributed by atoms with van der Waals surface area (Å²) in [6, 6.07) is 0. The standard InChI is InChI=1S/C12H26.C2H4N2O2/c1-3-5-7-9-11-12-10-8-6-4-2;3-4(1-5)2-6/h3-12H2,1-2H3;1-2H,3H2. The molecular weight excluding hydrogens is 228 g/mol. The molecule has 0 aromatic heterocycles. The molecule has 0 unspecified atom stereocenters. The highest BCUT2D eigenvalue weighted by atomic mass is 16.2. The van der Waals surface area contributed by atoms with Gasteiger partial charge < -0.3 is 0 Å². The molecule has 4 nitrogen and oxygen atoms in total. The Morgan fingerprint density at radius 3 is 1.17 bits per heavy atom. The van der Waals surface area contributed by atoms with Crippen molar-refractivity contribution < 1.29 is 9.59 Å². The summed E-state index contributed by atoms with van der Waals surface area (Å²) in [5.41, 5.74) is 0. The molecule has 0 rings (SSSR count). The molecule has 2 amide bonds. The van der Waals surface area contributed by atoms with Gasteiger partial charge in [-0.15, -0.1) is 0 Å². The number of unbranched alkanes of at least 4 members (excludes halogenated alkanes) is 9. The summed E-state index contributed by atoms with van der Waals surface area (Å²) in [5, 5.41) is 0.389. The number of rotatable bonds is 11. The maximum Gasteiger partial charge on any atom is 0.230 e. The van der Waals surface area contributed by atoms with Gasteiger partial charge in [0.15, 0.2) is 0 Å². The van der Waals surface area contributed by atoms with E-state index in [1.54, 1.807) is 0 Å². The molecule has 0 aromatic rings. The number of nitrogens with zero attached hydrogens (tertiary/aromatic N) is 1. The molecule has 0 saturated carbocycles. The third-order valence-corrected chi connectivity index (χ3v) is 2.70. The Morgan fingerprint density at radius 1 is 0.722 bits per heavy atom. The van der Waals surface area contributed by atoms with Gasteiger partial charge in [-0.2, -0.15) is 0 Å². The van der Waals surface area contributed by atoms with E-state index in [-0.39, 0.29) is 12.8 Å². The van der Waals surface area contributed by atoms with Crippen molar-refractivity contribution in [2.45, 2.75) is 78.1 Å². The molecule has 0 aromatic carbocycles. The fourth-order valence-corrected chi connectivity index (χ4v) is 1.59. The smallest absolute Gasteiger partial charge is 0.230 e. The minimum Gasteiger partial charge on any atom is -0.277 e. The molecule has 0 heterocycles. The van der Waals surface area contributed by atoms with E-state index in [2.05, 4.69) is 19.7 Å². The molecule has 108 valence electrons. The van der Waals surface area contributed by atoms with E-state index in [0.29, 0.717) is 5.01 Å². The first kappa shape index (κ1) is 19.4. The van der Waals surface area contributed by atoms with Gasteiger partial charge in [0.2, 0.25) is 12.8 Å². The second-order valence-corrected chi connectivity index (χ2v) is 4.49. The Balaban J connectivity index is 0. The van der Waals surface area contributed by atoms with Crippen molar-refractivity contribution >= 4 is 12.8 Å². The highest BCUT2D eigenvalue weighted by Gasteiger charge is 1.90. The first-order valence-corrected chi connectivity index (χ1v) is 7.16. The third-order valence-electron chi connectivity index (χ3n) is 2.70. The fraction of sp³-hybridized carbons (Fsp3) is 0.857. The van der Waals surface area contributed by atoms with Gasteiger partial charge in [-0.3, -0.25) is 9.59 Å². The molecule has 0 bridgehead atoms. The van der Waals surface area contributed by atoms with Crippen LogP contribution in [0, 0.1) is 0 Å². The minimum atomic E-state index is 0.215. The molecule has 18 heavy (non-hydrogen) atoms. The van der Waals surface area contributed by atoms with Gasteiger partial charge in [0.25, 0.3) is 0 Å². The van der Waals surface area contributed by atoms with Gasteiger partial charge in [-0.1, -0.05) is 78.1 Å². The summed E-state index contributed by atoms with van der Waals surface area (Å²) in [6.45, 7) is 4.56. The maximum absolute atomic E-state index is 9.31. The molecule has 4 heteroatoms. The van der Waals surface area contributed by atoms with Crippen LogP contribution in [0.25, 0.3) is 0 Å². The topological polar surface area (TPSA) is 63.4 Å². The van der Waals surface area contributed by atoms with Gasteiger partial charge in [-0.25, -0.2) is 10.9 Å². The van der Waals surface area contributed by atoms with Crippen LogP contribution in [0.3, 0.4) is 0 Å². The quantitative estimate of drug-likeness (QED) is 0.203. The Kier molecular flexibility index (Phi) is 19.9. The van der Waals surface area contributed by atoms with Gasteiger partial charge >= 0.3 is 0 Å². The predicted octanol–water partition coefficient (Wildman–Crippen LogP) is 3.40. The van der Waals surface area contributed by atoms with E-state index in [0.717, 1.165) is 0 Å². The Hall–Kier alpha value is -0.900. The van der Waals surface area contributed by atoms with Crippen molar-refractivity contribution in [3.05, 3.63) is 0 Å². The lowest BCUT2D eigenvalue weighted by molar-refractivity contribution is -0.129.